The van der Waals surface area contributed by atoms with Gasteiger partial charge in [0.1, 0.15) is 12.1 Å². The summed E-state index contributed by atoms with van der Waals surface area (Å²) in [7, 11) is 0. The van der Waals surface area contributed by atoms with Gasteiger partial charge in [-0.3, -0.25) is 24.0 Å². The second-order valence-corrected chi connectivity index (χ2v) is 16.3. The third kappa shape index (κ3) is 9.03. The summed E-state index contributed by atoms with van der Waals surface area (Å²) in [6.07, 6.45) is 9.99. The van der Waals surface area contributed by atoms with Crippen molar-refractivity contribution in [2.24, 2.45) is 28.6 Å². The van der Waals surface area contributed by atoms with Gasteiger partial charge >= 0.3 is 6.03 Å². The zero-order chi connectivity index (χ0) is 36.1. The molecule has 0 aromatic carbocycles. The first-order valence-electron chi connectivity index (χ1n) is 18.5. The normalized spacial score (nSPS) is 25.3. The average Bonchev–Trinajstić information content (AvgIpc) is 3.36. The van der Waals surface area contributed by atoms with Crippen LogP contribution < -0.4 is 21.3 Å². The van der Waals surface area contributed by atoms with Crippen molar-refractivity contribution < 1.29 is 28.8 Å². The van der Waals surface area contributed by atoms with Crippen molar-refractivity contribution in [2.75, 3.05) is 26.2 Å². The number of rotatable bonds is 14. The molecule has 2 aliphatic carbocycles. The van der Waals surface area contributed by atoms with Gasteiger partial charge in [0.15, 0.2) is 0 Å². The minimum atomic E-state index is -1.02. The highest BCUT2D eigenvalue weighted by molar-refractivity contribution is 6.38. The summed E-state index contributed by atoms with van der Waals surface area (Å²) < 4.78 is 0. The molecule has 0 bridgehead atoms. The van der Waals surface area contributed by atoms with Crippen LogP contribution in [0.25, 0.3) is 0 Å². The number of nitrogens with one attached hydrogen (secondary N) is 4. The number of carbonyl (C=O) groups is 6. The molecule has 6 amide bonds. The van der Waals surface area contributed by atoms with Gasteiger partial charge in [0.2, 0.25) is 23.5 Å². The Morgan fingerprint density at radius 2 is 1.69 bits per heavy atom. The molecule has 4 N–H and O–H groups in total. The van der Waals surface area contributed by atoms with E-state index in [9.17, 15) is 28.8 Å². The van der Waals surface area contributed by atoms with Gasteiger partial charge in [0.05, 0.1) is 12.1 Å². The molecular weight excluding hydrogens is 624 g/mol. The molecule has 4 rings (SSSR count). The van der Waals surface area contributed by atoms with Crippen LogP contribution in [0.5, 0.6) is 0 Å². The highest BCUT2D eigenvalue weighted by Gasteiger charge is 2.70. The van der Waals surface area contributed by atoms with Crippen LogP contribution in [0.1, 0.15) is 106 Å². The van der Waals surface area contributed by atoms with E-state index < -0.39 is 47.2 Å². The molecule has 2 heterocycles. The lowest BCUT2D eigenvalue weighted by atomic mass is 9.83. The molecule has 2 saturated carbocycles. The van der Waals surface area contributed by atoms with Gasteiger partial charge in [-0.2, -0.15) is 0 Å². The van der Waals surface area contributed by atoms with E-state index in [-0.39, 0.29) is 54.0 Å². The van der Waals surface area contributed by atoms with E-state index in [0.29, 0.717) is 32.5 Å². The zero-order valence-electron chi connectivity index (χ0n) is 30.6. The van der Waals surface area contributed by atoms with Crippen molar-refractivity contribution >= 4 is 35.4 Å². The van der Waals surface area contributed by atoms with E-state index in [1.165, 1.54) is 6.08 Å². The molecule has 2 saturated heterocycles. The van der Waals surface area contributed by atoms with Crippen molar-refractivity contribution in [1.29, 1.82) is 0 Å². The number of Topliss-reactive ketones (excluding diaryl/α,β-unsaturated/α-hetero) is 1. The Bertz CT molecular complexity index is 1270. The zero-order valence-corrected chi connectivity index (χ0v) is 30.6. The van der Waals surface area contributed by atoms with Crippen molar-refractivity contribution in [3.8, 4) is 0 Å². The lowest BCUT2D eigenvalue weighted by molar-refractivity contribution is -0.145. The molecule has 0 aromatic heterocycles. The Morgan fingerprint density at radius 3 is 2.31 bits per heavy atom. The average molecular weight is 685 g/mol. The number of hydrogen-bond donors (Lipinski definition) is 4. The number of likely N-dealkylation sites (tertiary alicyclic amines) is 2. The number of nitrogens with zero attached hydrogens (tertiary/aromatic N) is 2. The lowest BCUT2D eigenvalue weighted by Gasteiger charge is -2.39. The van der Waals surface area contributed by atoms with Gasteiger partial charge in [-0.25, -0.2) is 4.79 Å². The molecule has 0 spiro atoms. The lowest BCUT2D eigenvalue weighted by Crippen LogP contribution is -2.62. The van der Waals surface area contributed by atoms with E-state index in [1.807, 2.05) is 32.6 Å². The fourth-order valence-corrected chi connectivity index (χ4v) is 8.34. The summed E-state index contributed by atoms with van der Waals surface area (Å²) in [6, 6.07) is -3.49. The molecule has 274 valence electrons. The number of fused-ring (bicyclic) bond motifs is 1. The van der Waals surface area contributed by atoms with Gasteiger partial charge in [0.25, 0.3) is 5.91 Å². The molecule has 1 unspecified atom stereocenters. The molecule has 49 heavy (non-hydrogen) atoms. The minimum absolute atomic E-state index is 0.0932. The summed E-state index contributed by atoms with van der Waals surface area (Å²) in [6.45, 7) is 16.9. The maximum Gasteiger partial charge on any atom is 0.315 e. The van der Waals surface area contributed by atoms with Gasteiger partial charge < -0.3 is 31.1 Å². The van der Waals surface area contributed by atoms with Crippen molar-refractivity contribution in [2.45, 2.75) is 130 Å². The number of hydrogen-bond acceptors (Lipinski definition) is 6. The SMILES string of the molecule is C=CCNC(=O)C(=O)C(CCC)NC(=O)[C@@H]1[C@@H]2[C@H](CN1C(=O)[C@@H](NC(=O)N[C@H](CN1CCCCC1=O)C1CCCCC1)C(C)(C)C)C2(C)C. The summed E-state index contributed by atoms with van der Waals surface area (Å²) in [5.41, 5.74) is -0.865. The Morgan fingerprint density at radius 1 is 1.00 bits per heavy atom. The molecule has 4 fully saturated rings. The molecule has 6 atom stereocenters. The van der Waals surface area contributed by atoms with Crippen LogP contribution >= 0.6 is 0 Å². The Balaban J connectivity index is 1.51. The second-order valence-electron chi connectivity index (χ2n) is 16.3. The highest BCUT2D eigenvalue weighted by atomic mass is 16.2. The standard InChI is InChI=1S/C37H60N6O6/c1-8-15-25(30(45)33(47)38-19-9-2)39-32(46)29-28-24(37(28,6)7)21-43(29)34(48)31(36(3,4)5)41-35(49)40-26(23-16-11-10-12-17-23)22-42-20-14-13-18-27(42)44/h9,23-26,28-29,31H,2,8,10-22H2,1,3-7H3,(H,38,47)(H,39,46)(H2,40,41,49)/t24-,25?,26+,28-,29-,31+/m0/s1. The Labute approximate surface area is 292 Å². The van der Waals surface area contributed by atoms with Crippen molar-refractivity contribution in [1.82, 2.24) is 31.1 Å². The van der Waals surface area contributed by atoms with Crippen molar-refractivity contribution in [3.63, 3.8) is 0 Å². The van der Waals surface area contributed by atoms with Gasteiger partial charge in [0, 0.05) is 32.6 Å². The summed E-state index contributed by atoms with van der Waals surface area (Å²) in [5, 5.41) is 11.5. The number of piperidine rings is 2. The van der Waals surface area contributed by atoms with E-state index >= 15 is 0 Å². The van der Waals surface area contributed by atoms with E-state index in [0.717, 1.165) is 44.9 Å². The molecule has 4 aliphatic rings. The fraction of sp³-hybridized carbons (Fsp3) is 0.784. The molecule has 0 aromatic rings. The first kappa shape index (κ1) is 38.4. The quantitative estimate of drug-likeness (QED) is 0.163. The van der Waals surface area contributed by atoms with Crippen LogP contribution in [0.3, 0.4) is 0 Å². The van der Waals surface area contributed by atoms with Gasteiger partial charge in [-0.05, 0) is 60.7 Å². The third-order valence-corrected chi connectivity index (χ3v) is 11.4. The van der Waals surface area contributed by atoms with Crippen LogP contribution in [0, 0.1) is 28.6 Å². The summed E-state index contributed by atoms with van der Waals surface area (Å²) in [4.78, 5) is 83.9. The maximum absolute atomic E-state index is 14.4. The van der Waals surface area contributed by atoms with Crippen LogP contribution in [-0.2, 0) is 24.0 Å². The van der Waals surface area contributed by atoms with Crippen LogP contribution in [-0.4, -0.2) is 95.6 Å². The Hall–Kier alpha value is -3.44. The van der Waals surface area contributed by atoms with Crippen LogP contribution in [0.2, 0.25) is 0 Å². The fourth-order valence-electron chi connectivity index (χ4n) is 8.34. The predicted molar refractivity (Wildman–Crippen MR) is 187 cm³/mol. The first-order valence-corrected chi connectivity index (χ1v) is 18.5. The predicted octanol–water partition coefficient (Wildman–Crippen LogP) is 3.30. The van der Waals surface area contributed by atoms with Crippen LogP contribution in [0.15, 0.2) is 12.7 Å². The maximum atomic E-state index is 14.4. The topological polar surface area (TPSA) is 157 Å². The molecule has 2 aliphatic heterocycles. The van der Waals surface area contributed by atoms with Gasteiger partial charge in [-0.1, -0.05) is 73.3 Å². The Kier molecular flexibility index (Phi) is 12.6. The minimum Gasteiger partial charge on any atom is -0.346 e. The third-order valence-electron chi connectivity index (χ3n) is 11.4. The monoisotopic (exact) mass is 684 g/mol. The summed E-state index contributed by atoms with van der Waals surface area (Å²) in [5.74, 6) is -1.99. The van der Waals surface area contributed by atoms with E-state index in [2.05, 4.69) is 41.7 Å². The van der Waals surface area contributed by atoms with Gasteiger partial charge in [-0.15, -0.1) is 6.58 Å². The smallest absolute Gasteiger partial charge is 0.315 e. The molecule has 12 nitrogen and oxygen atoms in total. The second kappa shape index (κ2) is 16.1. The van der Waals surface area contributed by atoms with Crippen molar-refractivity contribution in [3.05, 3.63) is 12.7 Å². The highest BCUT2D eigenvalue weighted by Crippen LogP contribution is 2.65. The van der Waals surface area contributed by atoms with Crippen LogP contribution in [0.4, 0.5) is 4.79 Å². The molecular formula is C37H60N6O6. The number of carbonyl (C=O) groups excluding carboxylic acids is 6. The molecule has 12 heteroatoms. The number of urea groups is 1. The van der Waals surface area contributed by atoms with E-state index in [1.54, 1.807) is 4.90 Å². The summed E-state index contributed by atoms with van der Waals surface area (Å²) >= 11 is 0. The number of amides is 6. The molecule has 0 radical (unpaired) electrons. The number of ketones is 1. The largest absolute Gasteiger partial charge is 0.346 e. The first-order chi connectivity index (χ1) is 23.1. The van der Waals surface area contributed by atoms with E-state index in [4.69, 9.17) is 0 Å².